The number of hydrogen-bond acceptors (Lipinski definition) is 8. The van der Waals surface area contributed by atoms with Gasteiger partial charge in [-0.15, -0.1) is 0 Å². The van der Waals surface area contributed by atoms with Crippen molar-refractivity contribution >= 4 is 22.5 Å². The van der Waals surface area contributed by atoms with Crippen LogP contribution >= 0.6 is 0 Å². The molecule has 0 bridgehead atoms. The molecule has 0 spiro atoms. The third-order valence-corrected chi connectivity index (χ3v) is 5.30. The van der Waals surface area contributed by atoms with Gasteiger partial charge < -0.3 is 19.5 Å². The zero-order valence-corrected chi connectivity index (χ0v) is 20.4. The van der Waals surface area contributed by atoms with Gasteiger partial charge in [0, 0.05) is 23.3 Å². The Hall–Kier alpha value is -4.53. The number of hydrogen-bond donors (Lipinski definition) is 1. The maximum atomic E-state index is 13.7. The molecule has 2 aromatic carbocycles. The summed E-state index contributed by atoms with van der Waals surface area (Å²) in [6, 6.07) is 12.3. The smallest absolute Gasteiger partial charge is 0.271 e. The predicted molar refractivity (Wildman–Crippen MR) is 134 cm³/mol. The number of carbonyl (C=O) groups excluding carboxylic acids is 2. The fourth-order valence-electron chi connectivity index (χ4n) is 3.70. The summed E-state index contributed by atoms with van der Waals surface area (Å²) < 4.78 is 16.7. The van der Waals surface area contributed by atoms with Gasteiger partial charge in [-0.25, -0.2) is 9.97 Å². The Morgan fingerprint density at radius 3 is 2.47 bits per heavy atom. The van der Waals surface area contributed by atoms with E-state index >= 15 is 0 Å². The lowest BCUT2D eigenvalue weighted by molar-refractivity contribution is 0.0945. The molecule has 0 unspecified atom stereocenters. The lowest BCUT2D eigenvalue weighted by Gasteiger charge is -2.14. The first-order valence-corrected chi connectivity index (χ1v) is 11.3. The number of nitrogens with one attached hydrogen (secondary N) is 1. The average molecular weight is 487 g/mol. The summed E-state index contributed by atoms with van der Waals surface area (Å²) in [6.07, 6.45) is 4.27. The number of benzene rings is 2. The van der Waals surface area contributed by atoms with E-state index in [1.807, 2.05) is 13.8 Å². The molecule has 0 fully saturated rings. The molecule has 184 valence electrons. The lowest BCUT2D eigenvalue weighted by atomic mass is 10.0. The second-order valence-electron chi connectivity index (χ2n) is 8.19. The fourth-order valence-corrected chi connectivity index (χ4v) is 3.70. The van der Waals surface area contributed by atoms with E-state index in [4.69, 9.17) is 14.2 Å². The minimum Gasteiger partial charge on any atom is -0.493 e. The lowest BCUT2D eigenvalue weighted by Crippen LogP contribution is -2.24. The van der Waals surface area contributed by atoms with Crippen LogP contribution in [0.2, 0.25) is 0 Å². The van der Waals surface area contributed by atoms with Crippen LogP contribution in [0.5, 0.6) is 17.2 Å². The van der Waals surface area contributed by atoms with Crippen LogP contribution in [0.15, 0.2) is 61.1 Å². The van der Waals surface area contributed by atoms with Crippen molar-refractivity contribution in [3.8, 4) is 17.2 Å². The molecule has 0 aliphatic carbocycles. The van der Waals surface area contributed by atoms with E-state index in [-0.39, 0.29) is 29.8 Å². The Morgan fingerprint density at radius 2 is 1.78 bits per heavy atom. The summed E-state index contributed by atoms with van der Waals surface area (Å²) in [5.41, 5.74) is 1.32. The van der Waals surface area contributed by atoms with Gasteiger partial charge in [-0.3, -0.25) is 14.6 Å². The van der Waals surface area contributed by atoms with Crippen LogP contribution in [0, 0.1) is 0 Å². The van der Waals surface area contributed by atoms with Crippen molar-refractivity contribution in [3.05, 3.63) is 83.7 Å². The summed E-state index contributed by atoms with van der Waals surface area (Å²) in [5.74, 6) is 0.886. The first-order valence-electron chi connectivity index (χ1n) is 11.3. The van der Waals surface area contributed by atoms with Crippen molar-refractivity contribution in [1.82, 2.24) is 20.3 Å². The Morgan fingerprint density at radius 1 is 1.00 bits per heavy atom. The van der Waals surface area contributed by atoms with E-state index in [0.29, 0.717) is 39.3 Å². The molecule has 0 saturated carbocycles. The Bertz CT molecular complexity index is 1410. The fraction of sp³-hybridized carbons (Fsp3) is 0.222. The number of carbonyl (C=O) groups is 2. The van der Waals surface area contributed by atoms with Crippen molar-refractivity contribution in [2.45, 2.75) is 26.5 Å². The van der Waals surface area contributed by atoms with Crippen molar-refractivity contribution in [3.63, 3.8) is 0 Å². The molecule has 0 atom stereocenters. The number of amides is 1. The summed E-state index contributed by atoms with van der Waals surface area (Å²) in [7, 11) is 3.07. The Labute approximate surface area is 208 Å². The van der Waals surface area contributed by atoms with E-state index < -0.39 is 5.91 Å². The van der Waals surface area contributed by atoms with Crippen LogP contribution in [0.4, 0.5) is 0 Å². The molecule has 1 amide bonds. The van der Waals surface area contributed by atoms with Crippen molar-refractivity contribution in [2.24, 2.45) is 0 Å². The molecule has 0 aliphatic rings. The van der Waals surface area contributed by atoms with Crippen LogP contribution in [0.25, 0.3) is 10.8 Å². The topological polar surface area (TPSA) is 113 Å². The van der Waals surface area contributed by atoms with E-state index in [0.717, 1.165) is 0 Å². The van der Waals surface area contributed by atoms with Crippen LogP contribution in [-0.2, 0) is 6.54 Å². The maximum Gasteiger partial charge on any atom is 0.271 e. The van der Waals surface area contributed by atoms with Gasteiger partial charge >= 0.3 is 0 Å². The molecule has 2 aromatic heterocycles. The molecule has 4 aromatic rings. The summed E-state index contributed by atoms with van der Waals surface area (Å²) in [4.78, 5) is 38.7. The van der Waals surface area contributed by atoms with E-state index in [2.05, 4.69) is 20.3 Å². The second-order valence-corrected chi connectivity index (χ2v) is 8.19. The molecule has 4 rings (SSSR count). The van der Waals surface area contributed by atoms with Crippen molar-refractivity contribution < 1.29 is 23.8 Å². The quantitative estimate of drug-likeness (QED) is 0.354. The molecular formula is C27H26N4O5. The molecule has 36 heavy (non-hydrogen) atoms. The van der Waals surface area contributed by atoms with Crippen LogP contribution in [0.1, 0.15) is 46.1 Å². The standard InChI is InChI=1S/C27H26N4O5/c1-16(2)36-20-7-5-6-17(11-20)26(32)25-21-13-24(35-4)23(34-3)12-18(21)10-19(31-25)14-30-27(33)22-15-28-8-9-29-22/h5-13,15-16H,14H2,1-4H3,(H,30,33). The Balaban J connectivity index is 1.76. The highest BCUT2D eigenvalue weighted by atomic mass is 16.5. The third kappa shape index (κ3) is 5.41. The average Bonchev–Trinajstić information content (AvgIpc) is 2.90. The normalized spacial score (nSPS) is 10.8. The van der Waals surface area contributed by atoms with Crippen LogP contribution in [-0.4, -0.2) is 47.0 Å². The largest absolute Gasteiger partial charge is 0.493 e. The van der Waals surface area contributed by atoms with Gasteiger partial charge in [0.25, 0.3) is 5.91 Å². The minimum absolute atomic E-state index is 0.0349. The van der Waals surface area contributed by atoms with Gasteiger partial charge in [-0.05, 0) is 49.6 Å². The zero-order valence-electron chi connectivity index (χ0n) is 20.4. The highest BCUT2D eigenvalue weighted by Gasteiger charge is 2.20. The first-order chi connectivity index (χ1) is 17.4. The molecule has 9 nitrogen and oxygen atoms in total. The van der Waals surface area contributed by atoms with Gasteiger partial charge in [0.1, 0.15) is 17.1 Å². The number of fused-ring (bicyclic) bond motifs is 1. The van der Waals surface area contributed by atoms with Gasteiger partial charge in [0.2, 0.25) is 5.78 Å². The molecule has 2 heterocycles. The molecule has 9 heteroatoms. The molecule has 0 saturated heterocycles. The minimum atomic E-state index is -0.399. The van der Waals surface area contributed by atoms with E-state index in [9.17, 15) is 9.59 Å². The molecule has 0 radical (unpaired) electrons. The van der Waals surface area contributed by atoms with Gasteiger partial charge in [0.15, 0.2) is 11.5 Å². The van der Waals surface area contributed by atoms with Crippen LogP contribution < -0.4 is 19.5 Å². The predicted octanol–water partition coefficient (Wildman–Crippen LogP) is 3.99. The number of rotatable bonds is 9. The van der Waals surface area contributed by atoms with Gasteiger partial charge in [-0.1, -0.05) is 12.1 Å². The summed E-state index contributed by atoms with van der Waals surface area (Å²) in [5, 5.41) is 4.08. The highest BCUT2D eigenvalue weighted by Crippen LogP contribution is 2.34. The van der Waals surface area contributed by atoms with Crippen molar-refractivity contribution in [2.75, 3.05) is 14.2 Å². The number of aromatic nitrogens is 3. The number of ether oxygens (including phenoxy) is 3. The van der Waals surface area contributed by atoms with Crippen molar-refractivity contribution in [1.29, 1.82) is 0 Å². The molecular weight excluding hydrogens is 460 g/mol. The molecule has 1 N–H and O–H groups in total. The number of pyridine rings is 1. The van der Waals surface area contributed by atoms with E-state index in [1.54, 1.807) is 49.6 Å². The monoisotopic (exact) mass is 486 g/mol. The zero-order chi connectivity index (χ0) is 25.7. The molecule has 0 aliphatic heterocycles. The Kier molecular flexibility index (Phi) is 7.39. The number of methoxy groups -OCH3 is 2. The number of nitrogens with zero attached hydrogens (tertiary/aromatic N) is 3. The van der Waals surface area contributed by atoms with Gasteiger partial charge in [0.05, 0.1) is 38.8 Å². The van der Waals surface area contributed by atoms with Gasteiger partial charge in [-0.2, -0.15) is 0 Å². The third-order valence-electron chi connectivity index (χ3n) is 5.30. The SMILES string of the molecule is COc1cc2cc(CNC(=O)c3cnccn3)nc(C(=O)c3cccc(OC(C)C)c3)c2cc1OC. The maximum absolute atomic E-state index is 13.7. The second kappa shape index (κ2) is 10.8. The number of ketones is 1. The first kappa shape index (κ1) is 24.6. The van der Waals surface area contributed by atoms with E-state index in [1.165, 1.54) is 25.7 Å². The highest BCUT2D eigenvalue weighted by molar-refractivity contribution is 6.15. The summed E-state index contributed by atoms with van der Waals surface area (Å²) in [6.45, 7) is 3.92. The summed E-state index contributed by atoms with van der Waals surface area (Å²) >= 11 is 0. The van der Waals surface area contributed by atoms with Crippen LogP contribution in [0.3, 0.4) is 0 Å².